The van der Waals surface area contributed by atoms with E-state index in [0.29, 0.717) is 32.5 Å². The standard InChI is InChI=1S/C23H18ClN3O3S/c1-13-5-6-15(24)12-18(13)27-22(29)20(19-4-3-11-31-19)21(23(27)30)26-17-9-7-16(8-10-17)25-14(2)28/h3-12,26H,1-2H3,(H,25,28). The van der Waals surface area contributed by atoms with Gasteiger partial charge in [0.25, 0.3) is 11.8 Å². The Morgan fingerprint density at radius 2 is 1.71 bits per heavy atom. The van der Waals surface area contributed by atoms with Crippen LogP contribution in [0.2, 0.25) is 5.02 Å². The highest BCUT2D eigenvalue weighted by atomic mass is 35.5. The van der Waals surface area contributed by atoms with E-state index < -0.39 is 11.8 Å². The molecule has 0 aliphatic carbocycles. The Labute approximate surface area is 188 Å². The summed E-state index contributed by atoms with van der Waals surface area (Å²) in [5.41, 5.74) is 2.97. The van der Waals surface area contributed by atoms with Crippen LogP contribution in [0.3, 0.4) is 0 Å². The van der Waals surface area contributed by atoms with Crippen molar-refractivity contribution in [3.8, 4) is 0 Å². The summed E-state index contributed by atoms with van der Waals surface area (Å²) >= 11 is 7.52. The predicted molar refractivity (Wildman–Crippen MR) is 124 cm³/mol. The number of rotatable bonds is 5. The molecule has 6 nitrogen and oxygen atoms in total. The Bertz CT molecular complexity index is 1220. The van der Waals surface area contributed by atoms with Gasteiger partial charge in [0, 0.05) is 28.2 Å². The first-order chi connectivity index (χ1) is 14.8. The summed E-state index contributed by atoms with van der Waals surface area (Å²) < 4.78 is 0. The van der Waals surface area contributed by atoms with E-state index in [1.807, 2.05) is 18.4 Å². The van der Waals surface area contributed by atoms with Crippen molar-refractivity contribution in [3.63, 3.8) is 0 Å². The summed E-state index contributed by atoms with van der Waals surface area (Å²) in [5, 5.41) is 8.09. The fourth-order valence-electron chi connectivity index (χ4n) is 3.32. The average Bonchev–Trinajstić information content (AvgIpc) is 3.32. The third-order valence-electron chi connectivity index (χ3n) is 4.74. The molecule has 1 aromatic heterocycles. The lowest BCUT2D eigenvalue weighted by Gasteiger charge is -2.18. The summed E-state index contributed by atoms with van der Waals surface area (Å²) in [6.07, 6.45) is 0. The summed E-state index contributed by atoms with van der Waals surface area (Å²) in [6.45, 7) is 3.25. The molecule has 3 aromatic rings. The second-order valence-electron chi connectivity index (χ2n) is 6.99. The monoisotopic (exact) mass is 451 g/mol. The average molecular weight is 452 g/mol. The molecule has 1 aliphatic rings. The van der Waals surface area contributed by atoms with E-state index in [9.17, 15) is 14.4 Å². The molecule has 31 heavy (non-hydrogen) atoms. The first-order valence-corrected chi connectivity index (χ1v) is 10.7. The zero-order valence-electron chi connectivity index (χ0n) is 16.7. The molecular formula is C23H18ClN3O3S. The lowest BCUT2D eigenvalue weighted by atomic mass is 10.1. The van der Waals surface area contributed by atoms with Gasteiger partial charge in [-0.1, -0.05) is 23.7 Å². The molecule has 2 heterocycles. The molecule has 0 spiro atoms. The number of benzene rings is 2. The molecule has 2 aromatic carbocycles. The van der Waals surface area contributed by atoms with Crippen LogP contribution in [-0.2, 0) is 14.4 Å². The zero-order chi connectivity index (χ0) is 22.1. The van der Waals surface area contributed by atoms with Gasteiger partial charge in [0.2, 0.25) is 5.91 Å². The molecule has 0 saturated carbocycles. The van der Waals surface area contributed by atoms with Gasteiger partial charge in [-0.15, -0.1) is 11.3 Å². The van der Waals surface area contributed by atoms with Crippen molar-refractivity contribution < 1.29 is 14.4 Å². The van der Waals surface area contributed by atoms with Gasteiger partial charge in [0.05, 0.1) is 11.3 Å². The van der Waals surface area contributed by atoms with Crippen LogP contribution >= 0.6 is 22.9 Å². The van der Waals surface area contributed by atoms with Crippen molar-refractivity contribution in [3.05, 3.63) is 81.1 Å². The number of hydrogen-bond acceptors (Lipinski definition) is 5. The van der Waals surface area contributed by atoms with Gasteiger partial charge < -0.3 is 10.6 Å². The molecule has 0 saturated heterocycles. The smallest absolute Gasteiger partial charge is 0.282 e. The van der Waals surface area contributed by atoms with Gasteiger partial charge in [-0.25, -0.2) is 4.90 Å². The van der Waals surface area contributed by atoms with Crippen LogP contribution in [0.4, 0.5) is 17.1 Å². The van der Waals surface area contributed by atoms with Crippen LogP contribution in [0.1, 0.15) is 17.4 Å². The Morgan fingerprint density at radius 3 is 2.35 bits per heavy atom. The predicted octanol–water partition coefficient (Wildman–Crippen LogP) is 5.06. The molecular weight excluding hydrogens is 434 g/mol. The second kappa shape index (κ2) is 8.37. The minimum Gasteiger partial charge on any atom is -0.350 e. The number of nitrogens with zero attached hydrogens (tertiary/aromatic N) is 1. The van der Waals surface area contributed by atoms with Gasteiger partial charge in [0.15, 0.2) is 0 Å². The SMILES string of the molecule is CC(=O)Nc1ccc(NC2=C(c3cccs3)C(=O)N(c3cc(Cl)ccc3C)C2=O)cc1. The third-order valence-corrected chi connectivity index (χ3v) is 5.86. The highest BCUT2D eigenvalue weighted by Crippen LogP contribution is 2.37. The Balaban J connectivity index is 1.74. The molecule has 156 valence electrons. The van der Waals surface area contributed by atoms with Crippen LogP contribution in [0.15, 0.2) is 65.7 Å². The maximum Gasteiger partial charge on any atom is 0.282 e. The fourth-order valence-corrected chi connectivity index (χ4v) is 4.26. The van der Waals surface area contributed by atoms with E-state index in [-0.39, 0.29) is 11.6 Å². The number of halogens is 1. The van der Waals surface area contributed by atoms with E-state index in [2.05, 4.69) is 10.6 Å². The maximum absolute atomic E-state index is 13.4. The van der Waals surface area contributed by atoms with Crippen LogP contribution in [0.25, 0.3) is 5.57 Å². The zero-order valence-corrected chi connectivity index (χ0v) is 18.3. The Hall–Kier alpha value is -3.42. The van der Waals surface area contributed by atoms with Crippen molar-refractivity contribution in [1.29, 1.82) is 0 Å². The van der Waals surface area contributed by atoms with Crippen molar-refractivity contribution in [2.45, 2.75) is 13.8 Å². The van der Waals surface area contributed by atoms with Crippen LogP contribution in [0, 0.1) is 6.92 Å². The third kappa shape index (κ3) is 4.10. The number of carbonyl (C=O) groups excluding carboxylic acids is 3. The Morgan fingerprint density at radius 1 is 1.00 bits per heavy atom. The molecule has 1 aliphatic heterocycles. The number of anilines is 3. The maximum atomic E-state index is 13.4. The lowest BCUT2D eigenvalue weighted by molar-refractivity contribution is -0.120. The van der Waals surface area contributed by atoms with E-state index in [1.54, 1.807) is 48.5 Å². The molecule has 8 heteroatoms. The summed E-state index contributed by atoms with van der Waals surface area (Å²) in [4.78, 5) is 39.8. The molecule has 0 unspecified atom stereocenters. The molecule has 0 radical (unpaired) electrons. The molecule has 3 amide bonds. The Kier molecular flexibility index (Phi) is 5.63. The highest BCUT2D eigenvalue weighted by Gasteiger charge is 2.41. The minimum absolute atomic E-state index is 0.174. The molecule has 2 N–H and O–H groups in total. The van der Waals surface area contributed by atoms with Crippen LogP contribution in [-0.4, -0.2) is 17.7 Å². The first-order valence-electron chi connectivity index (χ1n) is 9.43. The number of thiophene rings is 1. The molecule has 0 fully saturated rings. The van der Waals surface area contributed by atoms with E-state index in [4.69, 9.17) is 11.6 Å². The van der Waals surface area contributed by atoms with Gasteiger partial charge in [-0.2, -0.15) is 0 Å². The van der Waals surface area contributed by atoms with Gasteiger partial charge in [-0.05, 0) is 60.3 Å². The largest absolute Gasteiger partial charge is 0.350 e. The van der Waals surface area contributed by atoms with E-state index in [0.717, 1.165) is 10.5 Å². The van der Waals surface area contributed by atoms with Crippen molar-refractivity contribution >= 4 is 63.3 Å². The summed E-state index contributed by atoms with van der Waals surface area (Å²) in [7, 11) is 0. The minimum atomic E-state index is -0.454. The van der Waals surface area contributed by atoms with Gasteiger partial charge in [-0.3, -0.25) is 14.4 Å². The number of aryl methyl sites for hydroxylation is 1. The first kappa shape index (κ1) is 20.8. The normalized spacial score (nSPS) is 13.7. The quantitative estimate of drug-likeness (QED) is 0.531. The number of amides is 3. The van der Waals surface area contributed by atoms with Crippen molar-refractivity contribution in [1.82, 2.24) is 0 Å². The lowest BCUT2D eigenvalue weighted by Crippen LogP contribution is -2.33. The van der Waals surface area contributed by atoms with Crippen molar-refractivity contribution in [2.75, 3.05) is 15.5 Å². The van der Waals surface area contributed by atoms with Crippen molar-refractivity contribution in [2.24, 2.45) is 0 Å². The highest BCUT2D eigenvalue weighted by molar-refractivity contribution is 7.11. The van der Waals surface area contributed by atoms with Gasteiger partial charge >= 0.3 is 0 Å². The van der Waals surface area contributed by atoms with Crippen LogP contribution in [0.5, 0.6) is 0 Å². The second-order valence-corrected chi connectivity index (χ2v) is 8.37. The fraction of sp³-hybridized carbons (Fsp3) is 0.0870. The van der Waals surface area contributed by atoms with E-state index >= 15 is 0 Å². The number of imide groups is 1. The van der Waals surface area contributed by atoms with Crippen LogP contribution < -0.4 is 15.5 Å². The number of nitrogens with one attached hydrogen (secondary N) is 2. The molecule has 0 bridgehead atoms. The summed E-state index contributed by atoms with van der Waals surface area (Å²) in [5.74, 6) is -1.03. The molecule has 0 atom stereocenters. The number of carbonyl (C=O) groups is 3. The molecule has 4 rings (SSSR count). The van der Waals surface area contributed by atoms with E-state index in [1.165, 1.54) is 18.3 Å². The number of hydrogen-bond donors (Lipinski definition) is 2. The van der Waals surface area contributed by atoms with Gasteiger partial charge in [0.1, 0.15) is 5.70 Å². The topological polar surface area (TPSA) is 78.5 Å². The summed E-state index contributed by atoms with van der Waals surface area (Å²) in [6, 6.07) is 15.6.